The number of aliphatic carboxylic acids is 1. The summed E-state index contributed by atoms with van der Waals surface area (Å²) in [6.45, 7) is 0. The molecule has 2 rings (SSSR count). The molecule has 0 saturated carbocycles. The molecule has 1 aliphatic rings. The Bertz CT molecular complexity index is 503. The molecule has 2 atom stereocenters. The smallest absolute Gasteiger partial charge is 0.308 e. The molecule has 0 bridgehead atoms. The van der Waals surface area contributed by atoms with E-state index in [1.807, 2.05) is 24.3 Å². The van der Waals surface area contributed by atoms with Gasteiger partial charge in [0.2, 0.25) is 5.91 Å². The standard InChI is InChI=1S/C14H16BrNO3/c1-16-12(17)8-4-6-10(14(18)19)13(16)9-5-2-3-7-11(9)15/h2-3,5,7,10,13H,4,6,8H2,1H3,(H,18,19). The van der Waals surface area contributed by atoms with E-state index in [9.17, 15) is 14.7 Å². The Morgan fingerprint density at radius 1 is 1.42 bits per heavy atom. The fourth-order valence-electron chi connectivity index (χ4n) is 2.63. The van der Waals surface area contributed by atoms with Crippen LogP contribution in [0.4, 0.5) is 0 Å². The number of hydrogen-bond donors (Lipinski definition) is 1. The molecule has 1 N–H and O–H groups in total. The van der Waals surface area contributed by atoms with Crippen LogP contribution in [0.1, 0.15) is 30.9 Å². The molecule has 102 valence electrons. The first-order valence-electron chi connectivity index (χ1n) is 6.25. The van der Waals surface area contributed by atoms with Gasteiger partial charge in [0.05, 0.1) is 12.0 Å². The molecule has 1 saturated heterocycles. The predicted molar refractivity (Wildman–Crippen MR) is 74.6 cm³/mol. The van der Waals surface area contributed by atoms with E-state index in [4.69, 9.17) is 0 Å². The van der Waals surface area contributed by atoms with Gasteiger partial charge in [-0.05, 0) is 24.5 Å². The number of carbonyl (C=O) groups excluding carboxylic acids is 1. The number of likely N-dealkylation sites (tertiary alicyclic amines) is 1. The molecule has 2 unspecified atom stereocenters. The van der Waals surface area contributed by atoms with Crippen LogP contribution in [0.25, 0.3) is 0 Å². The first-order valence-corrected chi connectivity index (χ1v) is 7.04. The summed E-state index contributed by atoms with van der Waals surface area (Å²) in [4.78, 5) is 25.1. The van der Waals surface area contributed by atoms with E-state index in [0.717, 1.165) is 10.0 Å². The molecule has 0 spiro atoms. The van der Waals surface area contributed by atoms with E-state index in [1.54, 1.807) is 11.9 Å². The quantitative estimate of drug-likeness (QED) is 0.909. The minimum atomic E-state index is -0.845. The van der Waals surface area contributed by atoms with Crippen molar-refractivity contribution in [2.45, 2.75) is 25.3 Å². The van der Waals surface area contributed by atoms with E-state index < -0.39 is 17.9 Å². The van der Waals surface area contributed by atoms with E-state index >= 15 is 0 Å². The lowest BCUT2D eigenvalue weighted by molar-refractivity contribution is -0.145. The van der Waals surface area contributed by atoms with Crippen LogP contribution in [0.5, 0.6) is 0 Å². The molecule has 0 aliphatic carbocycles. The van der Waals surface area contributed by atoms with E-state index in [-0.39, 0.29) is 5.91 Å². The maximum absolute atomic E-state index is 12.0. The molecule has 1 heterocycles. The van der Waals surface area contributed by atoms with Gasteiger partial charge in [-0.15, -0.1) is 0 Å². The highest BCUT2D eigenvalue weighted by Gasteiger charge is 2.37. The van der Waals surface area contributed by atoms with Crippen LogP contribution < -0.4 is 0 Å². The van der Waals surface area contributed by atoms with Crippen molar-refractivity contribution in [3.8, 4) is 0 Å². The maximum Gasteiger partial charge on any atom is 0.308 e. The number of benzene rings is 1. The van der Waals surface area contributed by atoms with Gasteiger partial charge in [-0.25, -0.2) is 0 Å². The van der Waals surface area contributed by atoms with Gasteiger partial charge in [-0.3, -0.25) is 9.59 Å². The third kappa shape index (κ3) is 2.81. The molecule has 1 fully saturated rings. The van der Waals surface area contributed by atoms with Crippen molar-refractivity contribution in [3.63, 3.8) is 0 Å². The van der Waals surface area contributed by atoms with E-state index in [0.29, 0.717) is 19.3 Å². The van der Waals surface area contributed by atoms with Gasteiger partial charge in [0, 0.05) is 17.9 Å². The monoisotopic (exact) mass is 325 g/mol. The van der Waals surface area contributed by atoms with E-state index in [2.05, 4.69) is 15.9 Å². The largest absolute Gasteiger partial charge is 0.481 e. The number of nitrogens with zero attached hydrogens (tertiary/aromatic N) is 1. The van der Waals surface area contributed by atoms with Crippen LogP contribution in [0, 0.1) is 5.92 Å². The summed E-state index contributed by atoms with van der Waals surface area (Å²) in [5.74, 6) is -1.40. The van der Waals surface area contributed by atoms with Crippen molar-refractivity contribution in [3.05, 3.63) is 34.3 Å². The molecule has 1 aromatic rings. The van der Waals surface area contributed by atoms with Crippen molar-refractivity contribution in [2.24, 2.45) is 5.92 Å². The Kier molecular flexibility index (Phi) is 4.24. The van der Waals surface area contributed by atoms with Gasteiger partial charge in [0.1, 0.15) is 0 Å². The van der Waals surface area contributed by atoms with Crippen LogP contribution in [0.15, 0.2) is 28.7 Å². The first-order chi connectivity index (χ1) is 9.02. The number of hydrogen-bond acceptors (Lipinski definition) is 2. The zero-order valence-electron chi connectivity index (χ0n) is 10.7. The van der Waals surface area contributed by atoms with E-state index in [1.165, 1.54) is 0 Å². The lowest BCUT2D eigenvalue weighted by atomic mass is 9.89. The summed E-state index contributed by atoms with van der Waals surface area (Å²) >= 11 is 3.45. The maximum atomic E-state index is 12.0. The minimum Gasteiger partial charge on any atom is -0.481 e. The van der Waals surface area contributed by atoms with Crippen LogP contribution in [-0.4, -0.2) is 28.9 Å². The van der Waals surface area contributed by atoms with Gasteiger partial charge in [0.15, 0.2) is 0 Å². The molecular formula is C14H16BrNO3. The zero-order chi connectivity index (χ0) is 14.0. The fraction of sp³-hybridized carbons (Fsp3) is 0.429. The third-order valence-electron chi connectivity index (χ3n) is 3.64. The third-order valence-corrected chi connectivity index (χ3v) is 4.36. The number of halogens is 1. The predicted octanol–water partition coefficient (Wildman–Crippen LogP) is 2.83. The second-order valence-corrected chi connectivity index (χ2v) is 5.66. The van der Waals surface area contributed by atoms with Gasteiger partial charge < -0.3 is 10.0 Å². The second-order valence-electron chi connectivity index (χ2n) is 4.81. The number of carboxylic acids is 1. The van der Waals surface area contributed by atoms with Crippen molar-refractivity contribution >= 4 is 27.8 Å². The number of carboxylic acid groups (broad SMARTS) is 1. The zero-order valence-corrected chi connectivity index (χ0v) is 12.3. The Hall–Kier alpha value is -1.36. The molecule has 1 aliphatic heterocycles. The Morgan fingerprint density at radius 3 is 2.74 bits per heavy atom. The highest BCUT2D eigenvalue weighted by Crippen LogP contribution is 2.37. The Labute approximate surface area is 120 Å². The molecule has 0 radical (unpaired) electrons. The molecular weight excluding hydrogens is 310 g/mol. The number of carbonyl (C=O) groups is 2. The normalized spacial score (nSPS) is 24.1. The van der Waals surface area contributed by atoms with Crippen LogP contribution in [-0.2, 0) is 9.59 Å². The average molecular weight is 326 g/mol. The highest BCUT2D eigenvalue weighted by molar-refractivity contribution is 9.10. The Balaban J connectivity index is 2.48. The van der Waals surface area contributed by atoms with Crippen LogP contribution in [0.3, 0.4) is 0 Å². The topological polar surface area (TPSA) is 57.6 Å². The van der Waals surface area contributed by atoms with Gasteiger partial charge in [-0.2, -0.15) is 0 Å². The number of amides is 1. The summed E-state index contributed by atoms with van der Waals surface area (Å²) in [6.07, 6.45) is 1.57. The summed E-state index contributed by atoms with van der Waals surface area (Å²) in [7, 11) is 1.69. The minimum absolute atomic E-state index is 0.00417. The fourth-order valence-corrected chi connectivity index (χ4v) is 3.15. The molecule has 1 amide bonds. The molecule has 19 heavy (non-hydrogen) atoms. The van der Waals surface area contributed by atoms with Gasteiger partial charge in [0.25, 0.3) is 0 Å². The highest BCUT2D eigenvalue weighted by atomic mass is 79.9. The molecule has 1 aromatic carbocycles. The molecule has 4 nitrogen and oxygen atoms in total. The lowest BCUT2D eigenvalue weighted by Crippen LogP contribution is -2.36. The van der Waals surface area contributed by atoms with Crippen molar-refractivity contribution in [1.82, 2.24) is 4.90 Å². The Morgan fingerprint density at radius 2 is 2.11 bits per heavy atom. The average Bonchev–Trinajstić information content (AvgIpc) is 2.51. The van der Waals surface area contributed by atoms with Crippen LogP contribution >= 0.6 is 15.9 Å². The summed E-state index contributed by atoms with van der Waals surface area (Å²) in [5.41, 5.74) is 0.854. The van der Waals surface area contributed by atoms with Gasteiger partial charge >= 0.3 is 5.97 Å². The molecule has 5 heteroatoms. The summed E-state index contributed by atoms with van der Waals surface area (Å²) in [6, 6.07) is 7.07. The summed E-state index contributed by atoms with van der Waals surface area (Å²) < 4.78 is 0.841. The van der Waals surface area contributed by atoms with Crippen molar-refractivity contribution < 1.29 is 14.7 Å². The molecule has 0 aromatic heterocycles. The van der Waals surface area contributed by atoms with Crippen LogP contribution in [0.2, 0.25) is 0 Å². The first kappa shape index (κ1) is 14.1. The summed E-state index contributed by atoms with van der Waals surface area (Å²) in [5, 5.41) is 9.44. The van der Waals surface area contributed by atoms with Gasteiger partial charge in [-0.1, -0.05) is 34.1 Å². The SMILES string of the molecule is CN1C(=O)CCCC(C(=O)O)C1c1ccccc1Br. The lowest BCUT2D eigenvalue weighted by Gasteiger charge is -2.31. The number of rotatable bonds is 2. The van der Waals surface area contributed by atoms with Crippen molar-refractivity contribution in [2.75, 3.05) is 7.05 Å². The second kappa shape index (κ2) is 5.74. The van der Waals surface area contributed by atoms with Crippen molar-refractivity contribution in [1.29, 1.82) is 0 Å².